The zero-order valence-electron chi connectivity index (χ0n) is 16.7. The molecule has 0 radical (unpaired) electrons. The molecule has 0 bridgehead atoms. The van der Waals surface area contributed by atoms with E-state index in [-0.39, 0.29) is 18.9 Å². The minimum Gasteiger partial charge on any atom is -0.484 e. The van der Waals surface area contributed by atoms with E-state index in [4.69, 9.17) is 4.74 Å². The van der Waals surface area contributed by atoms with Gasteiger partial charge in [0.25, 0.3) is 5.91 Å². The van der Waals surface area contributed by atoms with Crippen LogP contribution in [-0.2, 0) is 14.4 Å². The first-order valence-electron chi connectivity index (χ1n) is 9.25. The number of benzene rings is 2. The maximum Gasteiger partial charge on any atom is 0.262 e. The number of hydrogen-bond donors (Lipinski definition) is 3. The minimum absolute atomic E-state index is 0.120. The molecule has 0 unspecified atom stereocenters. The first kappa shape index (κ1) is 22.4. The van der Waals surface area contributed by atoms with Gasteiger partial charge in [0.1, 0.15) is 12.2 Å². The number of carbonyl (C=O) groups excluding carboxylic acids is 3. The van der Waals surface area contributed by atoms with E-state index in [2.05, 4.69) is 27.7 Å². The average molecular weight is 408 g/mol. The fourth-order valence-corrected chi connectivity index (χ4v) is 2.25. The molecule has 2 aromatic rings. The molecule has 8 nitrogen and oxygen atoms in total. The number of amides is 3. The van der Waals surface area contributed by atoms with Gasteiger partial charge in [0.2, 0.25) is 11.8 Å². The van der Waals surface area contributed by atoms with Crippen LogP contribution in [0, 0.1) is 6.92 Å². The molecule has 3 amide bonds. The summed E-state index contributed by atoms with van der Waals surface area (Å²) >= 11 is 0. The van der Waals surface area contributed by atoms with Crippen molar-refractivity contribution in [1.29, 1.82) is 0 Å². The molecule has 0 spiro atoms. The summed E-state index contributed by atoms with van der Waals surface area (Å²) in [6, 6.07) is 14.3. The normalized spacial score (nSPS) is 10.3. The topological polar surface area (TPSA) is 109 Å². The molecule has 0 aromatic heterocycles. The zero-order chi connectivity index (χ0) is 21.8. The lowest BCUT2D eigenvalue weighted by Gasteiger charge is -2.08. The van der Waals surface area contributed by atoms with Gasteiger partial charge in [-0.1, -0.05) is 23.8 Å². The fourth-order valence-electron chi connectivity index (χ4n) is 2.25. The van der Waals surface area contributed by atoms with E-state index in [1.165, 1.54) is 12.3 Å². The lowest BCUT2D eigenvalue weighted by Crippen LogP contribution is -2.29. The highest BCUT2D eigenvalue weighted by Gasteiger charge is 2.07. The fraction of sp³-hybridized carbons (Fsp3) is 0.182. The molecule has 0 aliphatic carbocycles. The molecule has 0 heterocycles. The van der Waals surface area contributed by atoms with E-state index in [0.29, 0.717) is 23.5 Å². The Morgan fingerprint density at radius 3 is 2.37 bits per heavy atom. The van der Waals surface area contributed by atoms with Crippen molar-refractivity contribution in [2.45, 2.75) is 13.3 Å². The molecule has 0 aliphatic heterocycles. The largest absolute Gasteiger partial charge is 0.484 e. The van der Waals surface area contributed by atoms with Crippen LogP contribution in [0.15, 0.2) is 66.3 Å². The van der Waals surface area contributed by atoms with Gasteiger partial charge < -0.3 is 15.4 Å². The van der Waals surface area contributed by atoms with E-state index in [1.54, 1.807) is 24.3 Å². The summed E-state index contributed by atoms with van der Waals surface area (Å²) in [5, 5.41) is 9.06. The van der Waals surface area contributed by atoms with Gasteiger partial charge in [-0.25, -0.2) is 5.43 Å². The molecule has 3 N–H and O–H groups in total. The highest BCUT2D eigenvalue weighted by atomic mass is 16.5. The van der Waals surface area contributed by atoms with E-state index in [9.17, 15) is 14.4 Å². The number of aryl methyl sites for hydroxylation is 1. The molecule has 156 valence electrons. The number of rotatable bonds is 10. The van der Waals surface area contributed by atoms with Gasteiger partial charge in [-0.15, -0.1) is 6.58 Å². The van der Waals surface area contributed by atoms with Crippen LogP contribution in [0.4, 0.5) is 5.69 Å². The highest BCUT2D eigenvalue weighted by Crippen LogP contribution is 2.12. The summed E-state index contributed by atoms with van der Waals surface area (Å²) in [7, 11) is 0. The summed E-state index contributed by atoms with van der Waals surface area (Å²) in [6.07, 6.45) is 2.65. The Morgan fingerprint density at radius 2 is 1.70 bits per heavy atom. The molecular weight excluding hydrogens is 384 g/mol. The van der Waals surface area contributed by atoms with Gasteiger partial charge in [0.05, 0.1) is 6.21 Å². The van der Waals surface area contributed by atoms with Crippen molar-refractivity contribution < 1.29 is 19.1 Å². The van der Waals surface area contributed by atoms with Crippen LogP contribution in [0.2, 0.25) is 0 Å². The van der Waals surface area contributed by atoms with Gasteiger partial charge in [-0.2, -0.15) is 5.10 Å². The van der Waals surface area contributed by atoms with Crippen molar-refractivity contribution in [3.8, 4) is 5.75 Å². The van der Waals surface area contributed by atoms with Gasteiger partial charge in [-0.3, -0.25) is 14.4 Å². The second-order valence-electron chi connectivity index (χ2n) is 6.33. The third-order valence-corrected chi connectivity index (χ3v) is 3.75. The Bertz CT molecular complexity index is 906. The predicted octanol–water partition coefficient (Wildman–Crippen LogP) is 2.15. The van der Waals surface area contributed by atoms with E-state index < -0.39 is 11.8 Å². The lowest BCUT2D eigenvalue weighted by molar-refractivity contribution is -0.129. The second-order valence-corrected chi connectivity index (χ2v) is 6.33. The Balaban J connectivity index is 1.73. The molecule has 0 saturated carbocycles. The zero-order valence-corrected chi connectivity index (χ0v) is 16.7. The number of ether oxygens (including phenoxy) is 1. The summed E-state index contributed by atoms with van der Waals surface area (Å²) in [5.41, 5.74) is 4.81. The number of anilines is 1. The van der Waals surface area contributed by atoms with Crippen molar-refractivity contribution in [3.05, 3.63) is 72.3 Å². The molecule has 0 atom stereocenters. The monoisotopic (exact) mass is 408 g/mol. The lowest BCUT2D eigenvalue weighted by atomic mass is 10.2. The van der Waals surface area contributed by atoms with Crippen LogP contribution in [0.25, 0.3) is 0 Å². The third-order valence-electron chi connectivity index (χ3n) is 3.75. The van der Waals surface area contributed by atoms with Crippen LogP contribution in [0.1, 0.15) is 17.5 Å². The molecule has 0 aliphatic rings. The number of hydrazone groups is 1. The second kappa shape index (κ2) is 11.8. The first-order valence-corrected chi connectivity index (χ1v) is 9.25. The number of nitrogens with zero attached hydrogens (tertiary/aromatic N) is 1. The van der Waals surface area contributed by atoms with Crippen LogP contribution in [0.5, 0.6) is 5.75 Å². The van der Waals surface area contributed by atoms with Gasteiger partial charge >= 0.3 is 0 Å². The number of carbonyl (C=O) groups is 3. The summed E-state index contributed by atoms with van der Waals surface area (Å²) in [4.78, 5) is 34.9. The molecule has 8 heteroatoms. The highest BCUT2D eigenvalue weighted by molar-refractivity contribution is 5.97. The van der Waals surface area contributed by atoms with Crippen molar-refractivity contribution in [2.24, 2.45) is 5.10 Å². The van der Waals surface area contributed by atoms with Crippen LogP contribution < -0.4 is 20.8 Å². The van der Waals surface area contributed by atoms with E-state index in [1.807, 2.05) is 31.2 Å². The summed E-state index contributed by atoms with van der Waals surface area (Å²) in [5.74, 6) is -0.665. The van der Waals surface area contributed by atoms with Crippen molar-refractivity contribution in [3.63, 3.8) is 0 Å². The maximum atomic E-state index is 11.9. The SMILES string of the molecule is C=CCNC(=O)CC(=O)N/N=C/c1ccc(OCC(=O)Nc2ccc(C)cc2)cc1. The van der Waals surface area contributed by atoms with E-state index in [0.717, 1.165) is 5.56 Å². The molecule has 0 saturated heterocycles. The van der Waals surface area contributed by atoms with Crippen molar-refractivity contribution >= 4 is 29.6 Å². The summed E-state index contributed by atoms with van der Waals surface area (Å²) in [6.45, 7) is 5.63. The Labute approximate surface area is 175 Å². The maximum absolute atomic E-state index is 11.9. The molecule has 2 rings (SSSR count). The van der Waals surface area contributed by atoms with Gasteiger partial charge in [0, 0.05) is 12.2 Å². The van der Waals surface area contributed by atoms with Gasteiger partial charge in [-0.05, 0) is 48.9 Å². The molecular formula is C22H24N4O4. The quantitative estimate of drug-likeness (QED) is 0.242. The van der Waals surface area contributed by atoms with Crippen molar-refractivity contribution in [2.75, 3.05) is 18.5 Å². The predicted molar refractivity (Wildman–Crippen MR) is 115 cm³/mol. The van der Waals surface area contributed by atoms with Crippen molar-refractivity contribution in [1.82, 2.24) is 10.7 Å². The Morgan fingerprint density at radius 1 is 1.00 bits per heavy atom. The average Bonchev–Trinajstić information content (AvgIpc) is 2.73. The van der Waals surface area contributed by atoms with Crippen LogP contribution in [-0.4, -0.2) is 37.1 Å². The first-order chi connectivity index (χ1) is 14.5. The van der Waals surface area contributed by atoms with E-state index >= 15 is 0 Å². The van der Waals surface area contributed by atoms with Gasteiger partial charge in [0.15, 0.2) is 6.61 Å². The Hall–Kier alpha value is -3.94. The van der Waals surface area contributed by atoms with Crippen LogP contribution in [0.3, 0.4) is 0 Å². The standard InChI is InChI=1S/C22H24N4O4/c1-3-12-23-20(27)13-21(28)26-24-14-17-6-10-19(11-7-17)30-15-22(29)25-18-8-4-16(2)5-9-18/h3-11,14H,1,12-13,15H2,2H3,(H,23,27)(H,25,29)(H,26,28)/b24-14+. The number of hydrogen-bond acceptors (Lipinski definition) is 5. The Kier molecular flexibility index (Phi) is 8.79. The smallest absolute Gasteiger partial charge is 0.262 e. The third kappa shape index (κ3) is 8.39. The number of nitrogens with one attached hydrogen (secondary N) is 3. The molecule has 30 heavy (non-hydrogen) atoms. The van der Waals surface area contributed by atoms with Crippen LogP contribution >= 0.6 is 0 Å². The molecule has 2 aromatic carbocycles. The summed E-state index contributed by atoms with van der Waals surface area (Å²) < 4.78 is 5.46. The minimum atomic E-state index is -0.521. The molecule has 0 fully saturated rings.